The fraction of sp³-hybridized carbons (Fsp3) is 0.200. The van der Waals surface area contributed by atoms with Crippen LogP contribution in [0.1, 0.15) is 17.3 Å². The van der Waals surface area contributed by atoms with Crippen LogP contribution in [-0.4, -0.2) is 45.7 Å². The van der Waals surface area contributed by atoms with E-state index in [9.17, 15) is 26.6 Å². The van der Waals surface area contributed by atoms with Gasteiger partial charge in [-0.05, 0) is 0 Å². The van der Waals surface area contributed by atoms with Crippen LogP contribution in [0.3, 0.4) is 0 Å². The Labute approximate surface area is 111 Å². The number of phenols is 1. The SMILES string of the molecule is CC(=O)Nc1c([As](=O)(O)O)ccc(C(=O)CN)c1O. The van der Waals surface area contributed by atoms with E-state index in [1.807, 2.05) is 0 Å². The van der Waals surface area contributed by atoms with Gasteiger partial charge < -0.3 is 0 Å². The number of phenolic OH excluding ortho intramolecular Hbond substituents is 1. The minimum atomic E-state index is -5.36. The number of rotatable bonds is 4. The molecule has 8 nitrogen and oxygen atoms in total. The fourth-order valence-corrected chi connectivity index (χ4v) is 2.97. The van der Waals surface area contributed by atoms with Gasteiger partial charge in [0.15, 0.2) is 0 Å². The van der Waals surface area contributed by atoms with Gasteiger partial charge in [-0.25, -0.2) is 0 Å². The predicted molar refractivity (Wildman–Crippen MR) is 66.3 cm³/mol. The molecule has 1 aromatic rings. The number of ketones is 1. The topological polar surface area (TPSA) is 150 Å². The average molecular weight is 332 g/mol. The summed E-state index contributed by atoms with van der Waals surface area (Å²) in [6, 6.07) is 2.06. The van der Waals surface area contributed by atoms with Crippen molar-refractivity contribution in [2.75, 3.05) is 11.9 Å². The number of carbonyl (C=O) groups excluding carboxylic acids is 2. The number of aromatic hydroxyl groups is 1. The summed E-state index contributed by atoms with van der Waals surface area (Å²) in [6.45, 7) is 0.723. The van der Waals surface area contributed by atoms with Crippen molar-refractivity contribution < 1.29 is 26.6 Å². The first-order valence-corrected chi connectivity index (χ1v) is 8.49. The van der Waals surface area contributed by atoms with E-state index in [4.69, 9.17) is 5.73 Å². The first-order chi connectivity index (χ1) is 8.68. The Morgan fingerprint density at radius 3 is 2.37 bits per heavy atom. The molecule has 0 aromatic heterocycles. The van der Waals surface area contributed by atoms with Crippen molar-refractivity contribution in [2.45, 2.75) is 6.92 Å². The molecule has 0 fully saturated rings. The molecule has 1 rings (SSSR count). The molecule has 6 N–H and O–H groups in total. The number of Topliss-reactive ketones (excluding diaryl/α,β-unsaturated/α-hetero) is 1. The molecule has 0 aliphatic rings. The first-order valence-electron chi connectivity index (χ1n) is 5.11. The van der Waals surface area contributed by atoms with Crippen LogP contribution in [0.4, 0.5) is 5.69 Å². The molecule has 1 amide bonds. The quantitative estimate of drug-likeness (QED) is 0.244. The Bertz CT molecular complexity index is 580. The normalized spacial score (nSPS) is 11.2. The standard InChI is InChI=1S/C10H13AsN2O6/c1-5(14)13-9-7(11(17,18)19)3-2-6(10(9)16)8(15)4-12/h2-3,16H,4,12H2,1H3,(H,13,14)(H2,17,18,19). The molecule has 0 heterocycles. The fourth-order valence-electron chi connectivity index (χ4n) is 1.46. The Morgan fingerprint density at radius 1 is 1.37 bits per heavy atom. The third kappa shape index (κ3) is 3.45. The maximum atomic E-state index is 11.4. The van der Waals surface area contributed by atoms with Crippen molar-refractivity contribution in [3.8, 4) is 5.75 Å². The Kier molecular flexibility index (Phi) is 4.54. The Hall–Kier alpha value is -1.60. The van der Waals surface area contributed by atoms with E-state index in [-0.39, 0.29) is 12.1 Å². The van der Waals surface area contributed by atoms with Gasteiger partial charge in [-0.1, -0.05) is 0 Å². The van der Waals surface area contributed by atoms with E-state index in [0.29, 0.717) is 0 Å². The van der Waals surface area contributed by atoms with Crippen LogP contribution in [0, 0.1) is 0 Å². The second-order valence-corrected chi connectivity index (χ2v) is 7.00. The molecular weight excluding hydrogens is 319 g/mol. The van der Waals surface area contributed by atoms with Crippen molar-refractivity contribution in [3.05, 3.63) is 17.7 Å². The molecule has 9 heteroatoms. The molecule has 1 aromatic carbocycles. The zero-order valence-electron chi connectivity index (χ0n) is 9.95. The van der Waals surface area contributed by atoms with Crippen LogP contribution in [0.25, 0.3) is 0 Å². The van der Waals surface area contributed by atoms with Gasteiger partial charge in [0.2, 0.25) is 0 Å². The van der Waals surface area contributed by atoms with Gasteiger partial charge in [0.25, 0.3) is 0 Å². The predicted octanol–water partition coefficient (Wildman–Crippen LogP) is -1.95. The summed E-state index contributed by atoms with van der Waals surface area (Å²) >= 11 is -5.36. The molecule has 0 atom stereocenters. The number of hydrogen-bond acceptors (Lipinski definition) is 5. The zero-order valence-corrected chi connectivity index (χ0v) is 11.8. The van der Waals surface area contributed by atoms with Gasteiger partial charge in [-0.15, -0.1) is 0 Å². The molecule has 0 unspecified atom stereocenters. The summed E-state index contributed by atoms with van der Waals surface area (Å²) in [7, 11) is 0. The van der Waals surface area contributed by atoms with Crippen molar-refractivity contribution in [1.82, 2.24) is 0 Å². The van der Waals surface area contributed by atoms with Gasteiger partial charge in [0.1, 0.15) is 0 Å². The van der Waals surface area contributed by atoms with Crippen LogP contribution < -0.4 is 15.4 Å². The Balaban J connectivity index is 3.53. The number of hydrogen-bond donors (Lipinski definition) is 5. The number of amides is 1. The van der Waals surface area contributed by atoms with E-state index in [1.165, 1.54) is 0 Å². The number of nitrogens with two attached hydrogens (primary N) is 1. The summed E-state index contributed by atoms with van der Waals surface area (Å²) in [6.07, 6.45) is 0. The van der Waals surface area contributed by atoms with Crippen molar-refractivity contribution in [1.29, 1.82) is 0 Å². The maximum absolute atomic E-state index is 11.4. The average Bonchev–Trinajstić information content (AvgIpc) is 2.28. The summed E-state index contributed by atoms with van der Waals surface area (Å²) in [4.78, 5) is 22.5. The van der Waals surface area contributed by atoms with E-state index >= 15 is 0 Å². The van der Waals surface area contributed by atoms with Gasteiger partial charge in [0, 0.05) is 0 Å². The van der Waals surface area contributed by atoms with Crippen LogP contribution >= 0.6 is 0 Å². The molecule has 0 radical (unpaired) electrons. The molecule has 0 aliphatic heterocycles. The van der Waals surface area contributed by atoms with E-state index in [2.05, 4.69) is 5.32 Å². The van der Waals surface area contributed by atoms with Gasteiger partial charge >= 0.3 is 110 Å². The molecule has 19 heavy (non-hydrogen) atoms. The van der Waals surface area contributed by atoms with E-state index in [0.717, 1.165) is 19.1 Å². The third-order valence-electron chi connectivity index (χ3n) is 2.26. The molecule has 104 valence electrons. The van der Waals surface area contributed by atoms with Gasteiger partial charge in [-0.2, -0.15) is 0 Å². The third-order valence-corrected chi connectivity index (χ3v) is 4.36. The molecule has 0 saturated carbocycles. The monoisotopic (exact) mass is 332 g/mol. The molecule has 0 spiro atoms. The number of nitrogens with one attached hydrogen (secondary N) is 1. The minimum absolute atomic E-state index is 0.209. The Morgan fingerprint density at radius 2 is 1.95 bits per heavy atom. The zero-order chi connectivity index (χ0) is 14.8. The van der Waals surface area contributed by atoms with Crippen LogP contribution in [0.15, 0.2) is 12.1 Å². The van der Waals surface area contributed by atoms with Gasteiger partial charge in [-0.3, -0.25) is 0 Å². The second-order valence-electron chi connectivity index (χ2n) is 3.71. The van der Waals surface area contributed by atoms with Crippen molar-refractivity contribution >= 4 is 35.9 Å². The van der Waals surface area contributed by atoms with Crippen molar-refractivity contribution in [2.24, 2.45) is 5.73 Å². The van der Waals surface area contributed by atoms with E-state index in [1.54, 1.807) is 0 Å². The first kappa shape index (κ1) is 15.5. The molecule has 0 aliphatic carbocycles. The van der Waals surface area contributed by atoms with Gasteiger partial charge in [0.05, 0.1) is 0 Å². The molecule has 0 bridgehead atoms. The number of anilines is 1. The summed E-state index contributed by atoms with van der Waals surface area (Å²) in [5, 5.41) is 12.0. The summed E-state index contributed by atoms with van der Waals surface area (Å²) in [5.41, 5.74) is 4.48. The number of benzene rings is 1. The molecule has 0 saturated heterocycles. The summed E-state index contributed by atoms with van der Waals surface area (Å²) in [5.74, 6) is -1.96. The second kappa shape index (κ2) is 5.58. The van der Waals surface area contributed by atoms with Crippen LogP contribution in [0.5, 0.6) is 5.75 Å². The van der Waals surface area contributed by atoms with E-state index < -0.39 is 41.7 Å². The van der Waals surface area contributed by atoms with Crippen LogP contribution in [-0.2, 0) is 8.53 Å². The summed E-state index contributed by atoms with van der Waals surface area (Å²) < 4.78 is 29.2. The van der Waals surface area contributed by atoms with Crippen LogP contribution in [0.2, 0.25) is 0 Å². The molecular formula is C10H13AsN2O6. The number of carbonyl (C=O) groups is 2. The van der Waals surface area contributed by atoms with Crippen molar-refractivity contribution in [3.63, 3.8) is 0 Å².